The second-order valence-electron chi connectivity index (χ2n) is 25.3. The Kier molecular flexibility index (Phi) is 59.0. The number of carbonyl (C=O) groups is 4. The van der Waals surface area contributed by atoms with E-state index < -0.39 is 97.5 Å². The fourth-order valence-corrected chi connectivity index (χ4v) is 11.8. The minimum Gasteiger partial charge on any atom is -0.462 e. The Labute approximate surface area is 530 Å². The first-order chi connectivity index (χ1) is 41.9. The average molecular weight is 1280 g/mol. The lowest BCUT2D eigenvalue weighted by atomic mass is 9.99. The Morgan fingerprint density at radius 3 is 0.874 bits per heavy atom. The van der Waals surface area contributed by atoms with Crippen molar-refractivity contribution < 1.29 is 80.2 Å². The topological polar surface area (TPSA) is 237 Å². The van der Waals surface area contributed by atoms with E-state index in [4.69, 9.17) is 37.0 Å². The van der Waals surface area contributed by atoms with Gasteiger partial charge in [-0.25, -0.2) is 9.13 Å². The van der Waals surface area contributed by atoms with Gasteiger partial charge in [-0.3, -0.25) is 37.3 Å². The molecule has 0 heterocycles. The van der Waals surface area contributed by atoms with Crippen LogP contribution in [0.2, 0.25) is 0 Å². The van der Waals surface area contributed by atoms with Crippen LogP contribution in [0.15, 0.2) is 0 Å². The minimum atomic E-state index is -4.95. The van der Waals surface area contributed by atoms with Gasteiger partial charge in [-0.1, -0.05) is 292 Å². The number of carbonyl (C=O) groups excluding carboxylic acids is 4. The molecule has 17 nitrogen and oxygen atoms in total. The van der Waals surface area contributed by atoms with Gasteiger partial charge in [0.05, 0.1) is 26.4 Å². The summed E-state index contributed by atoms with van der Waals surface area (Å²) in [6.45, 7) is 9.52. The van der Waals surface area contributed by atoms with Crippen LogP contribution in [0.5, 0.6) is 0 Å². The Morgan fingerprint density at radius 1 is 0.333 bits per heavy atom. The molecule has 0 radical (unpaired) electrons. The van der Waals surface area contributed by atoms with Gasteiger partial charge in [0, 0.05) is 25.7 Å². The second-order valence-corrected chi connectivity index (χ2v) is 28.2. The van der Waals surface area contributed by atoms with Crippen molar-refractivity contribution in [2.75, 3.05) is 39.6 Å². The molecule has 0 aliphatic rings. The van der Waals surface area contributed by atoms with Gasteiger partial charge >= 0.3 is 39.5 Å². The summed E-state index contributed by atoms with van der Waals surface area (Å²) in [4.78, 5) is 72.3. The predicted octanol–water partition coefficient (Wildman–Crippen LogP) is 19.2. The largest absolute Gasteiger partial charge is 0.472 e. The maximum absolute atomic E-state index is 13.0. The van der Waals surface area contributed by atoms with Crippen molar-refractivity contribution >= 4 is 39.5 Å². The van der Waals surface area contributed by atoms with E-state index in [-0.39, 0.29) is 25.7 Å². The van der Waals surface area contributed by atoms with Crippen LogP contribution in [0.3, 0.4) is 0 Å². The van der Waals surface area contributed by atoms with E-state index in [0.717, 1.165) is 115 Å². The van der Waals surface area contributed by atoms with Gasteiger partial charge in [0.25, 0.3) is 0 Å². The van der Waals surface area contributed by atoms with Crippen LogP contribution in [0.1, 0.15) is 343 Å². The number of aliphatic hydroxyl groups excluding tert-OH is 1. The Hall–Kier alpha value is -1.94. The molecule has 0 amide bonds. The molecule has 0 aromatic rings. The number of hydrogen-bond donors (Lipinski definition) is 3. The third-order valence-corrected chi connectivity index (χ3v) is 18.0. The van der Waals surface area contributed by atoms with Gasteiger partial charge in [0.1, 0.15) is 19.3 Å². The van der Waals surface area contributed by atoms with E-state index in [1.54, 1.807) is 0 Å². The summed E-state index contributed by atoms with van der Waals surface area (Å²) in [7, 11) is -9.89. The number of ether oxygens (including phenoxy) is 4. The van der Waals surface area contributed by atoms with E-state index in [2.05, 4.69) is 41.5 Å². The van der Waals surface area contributed by atoms with E-state index in [0.29, 0.717) is 25.7 Å². The van der Waals surface area contributed by atoms with Gasteiger partial charge in [-0.15, -0.1) is 0 Å². The molecule has 0 fully saturated rings. The molecule has 0 aliphatic carbocycles. The first-order valence-electron chi connectivity index (χ1n) is 35.5. The molecule has 0 saturated carbocycles. The standard InChI is InChI=1S/C68H132O17P2/c1-7-10-12-14-16-17-27-34-40-46-52-67(72)84-63(56-78-65(70)50-44-38-30-15-13-11-8-2)58-82-86(74,75)80-54-62(69)55-81-87(76,77)83-59-64(57-79-66(71)51-45-39-33-29-24-25-31-36-42-48-60(4)5)85-68(73)53-47-41-35-28-23-21-19-18-20-22-26-32-37-43-49-61(6)9-3/h60-64,69H,7-59H2,1-6H3,(H,74,75)(H,76,77)/t61?,62-,63+,64+/m0/s1. The zero-order chi connectivity index (χ0) is 64.3. The van der Waals surface area contributed by atoms with Crippen LogP contribution in [0.25, 0.3) is 0 Å². The molecule has 0 spiro atoms. The molecule has 6 atom stereocenters. The van der Waals surface area contributed by atoms with E-state index in [9.17, 15) is 43.2 Å². The lowest BCUT2D eigenvalue weighted by Crippen LogP contribution is -2.30. The fraction of sp³-hybridized carbons (Fsp3) is 0.941. The van der Waals surface area contributed by atoms with Crippen LogP contribution in [0, 0.1) is 11.8 Å². The van der Waals surface area contributed by atoms with Crippen LogP contribution in [0.4, 0.5) is 0 Å². The third-order valence-electron chi connectivity index (χ3n) is 16.1. The molecule has 0 aromatic carbocycles. The smallest absolute Gasteiger partial charge is 0.462 e. The summed E-state index contributed by atoms with van der Waals surface area (Å²) in [5.74, 6) is -0.542. The number of rotatable bonds is 67. The van der Waals surface area contributed by atoms with Crippen molar-refractivity contribution in [2.24, 2.45) is 11.8 Å². The normalized spacial score (nSPS) is 14.5. The predicted molar refractivity (Wildman–Crippen MR) is 349 cm³/mol. The fourth-order valence-electron chi connectivity index (χ4n) is 10.2. The minimum absolute atomic E-state index is 0.106. The number of phosphoric ester groups is 2. The Morgan fingerprint density at radius 2 is 0.586 bits per heavy atom. The van der Waals surface area contributed by atoms with Crippen molar-refractivity contribution in [3.63, 3.8) is 0 Å². The highest BCUT2D eigenvalue weighted by Crippen LogP contribution is 2.45. The summed E-state index contributed by atoms with van der Waals surface area (Å²) < 4.78 is 68.1. The number of hydrogen-bond acceptors (Lipinski definition) is 15. The SMILES string of the molecule is CCCCCCCCCCCCC(=O)O[C@H](COC(=O)CCCCCCCCC)COP(=O)(O)OC[C@H](O)COP(=O)(O)OC[C@@H](COC(=O)CCCCCCCCCCCC(C)C)OC(=O)CCCCCCCCCCCCCCCCC(C)CC. The van der Waals surface area contributed by atoms with Gasteiger partial charge < -0.3 is 33.8 Å². The molecule has 0 bridgehead atoms. The first-order valence-corrected chi connectivity index (χ1v) is 38.5. The van der Waals surface area contributed by atoms with Crippen LogP contribution < -0.4 is 0 Å². The number of aliphatic hydroxyl groups is 1. The van der Waals surface area contributed by atoms with Gasteiger partial charge in [0.2, 0.25) is 0 Å². The maximum Gasteiger partial charge on any atom is 0.472 e. The molecule has 87 heavy (non-hydrogen) atoms. The molecule has 0 saturated heterocycles. The first kappa shape index (κ1) is 85.1. The third kappa shape index (κ3) is 61.3. The van der Waals surface area contributed by atoms with Crippen LogP contribution >= 0.6 is 15.6 Å². The zero-order valence-corrected chi connectivity index (χ0v) is 58.1. The maximum atomic E-state index is 13.0. The zero-order valence-electron chi connectivity index (χ0n) is 56.3. The van der Waals surface area contributed by atoms with Crippen LogP contribution in [-0.2, 0) is 65.4 Å². The molecule has 0 rings (SSSR count). The van der Waals surface area contributed by atoms with Crippen molar-refractivity contribution in [3.05, 3.63) is 0 Å². The number of unbranched alkanes of at least 4 members (excludes halogenated alkanes) is 36. The van der Waals surface area contributed by atoms with E-state index in [1.165, 1.54) is 148 Å². The highest BCUT2D eigenvalue weighted by atomic mass is 31.2. The molecular formula is C68H132O17P2. The van der Waals surface area contributed by atoms with Crippen molar-refractivity contribution in [2.45, 2.75) is 362 Å². The summed E-state index contributed by atoms with van der Waals surface area (Å²) in [5.41, 5.74) is 0. The summed E-state index contributed by atoms with van der Waals surface area (Å²) in [5, 5.41) is 10.6. The quantitative estimate of drug-likeness (QED) is 0.0222. The van der Waals surface area contributed by atoms with Gasteiger partial charge in [-0.05, 0) is 37.5 Å². The molecule has 0 aromatic heterocycles. The highest BCUT2D eigenvalue weighted by Gasteiger charge is 2.30. The molecule has 3 N–H and O–H groups in total. The van der Waals surface area contributed by atoms with Crippen molar-refractivity contribution in [1.82, 2.24) is 0 Å². The molecule has 3 unspecified atom stereocenters. The van der Waals surface area contributed by atoms with Crippen LogP contribution in [-0.4, -0.2) is 96.7 Å². The van der Waals surface area contributed by atoms with E-state index in [1.807, 2.05) is 0 Å². The van der Waals surface area contributed by atoms with Gasteiger partial charge in [0.15, 0.2) is 12.2 Å². The lowest BCUT2D eigenvalue weighted by Gasteiger charge is -2.21. The Balaban J connectivity index is 5.19. The second kappa shape index (κ2) is 60.3. The lowest BCUT2D eigenvalue weighted by molar-refractivity contribution is -0.161. The summed E-state index contributed by atoms with van der Waals surface area (Å²) >= 11 is 0. The number of phosphoric acid groups is 2. The van der Waals surface area contributed by atoms with Crippen molar-refractivity contribution in [1.29, 1.82) is 0 Å². The summed E-state index contributed by atoms with van der Waals surface area (Å²) in [6, 6.07) is 0. The molecule has 19 heteroatoms. The highest BCUT2D eigenvalue weighted by molar-refractivity contribution is 7.47. The number of esters is 4. The van der Waals surface area contributed by atoms with Gasteiger partial charge in [-0.2, -0.15) is 0 Å². The monoisotopic (exact) mass is 1280 g/mol. The van der Waals surface area contributed by atoms with Crippen molar-refractivity contribution in [3.8, 4) is 0 Å². The summed E-state index contributed by atoms with van der Waals surface area (Å²) in [6.07, 6.45) is 44.5. The molecule has 516 valence electrons. The Bertz CT molecular complexity index is 1700. The average Bonchev–Trinajstić information content (AvgIpc) is 3.71. The molecular weight excluding hydrogens is 1150 g/mol. The molecule has 0 aliphatic heterocycles. The van der Waals surface area contributed by atoms with E-state index >= 15 is 0 Å².